The molecule has 0 atom stereocenters. The first-order valence-corrected chi connectivity index (χ1v) is 6.51. The van der Waals surface area contributed by atoms with E-state index in [2.05, 4.69) is 31.2 Å². The van der Waals surface area contributed by atoms with Crippen molar-refractivity contribution in [3.8, 4) is 0 Å². The van der Waals surface area contributed by atoms with Crippen LogP contribution in [-0.4, -0.2) is 37.8 Å². The van der Waals surface area contributed by atoms with Gasteiger partial charge in [-0.1, -0.05) is 0 Å². The second kappa shape index (κ2) is 2.43. The minimum atomic E-state index is -0.911. The van der Waals surface area contributed by atoms with Crippen LogP contribution >= 0.6 is 7.41 Å². The van der Waals surface area contributed by atoms with E-state index in [1.54, 1.807) is 0 Å². The Hall–Kier alpha value is -0.230. The molecule has 58 valence electrons. The van der Waals surface area contributed by atoms with Gasteiger partial charge in [0.2, 0.25) is 5.88 Å². The van der Waals surface area contributed by atoms with Crippen LogP contribution in [0.15, 0.2) is 12.5 Å². The molecule has 0 spiro atoms. The molecule has 1 heterocycles. The van der Waals surface area contributed by atoms with E-state index in [0.717, 1.165) is 19.0 Å². The van der Waals surface area contributed by atoms with Crippen LogP contribution in [0.1, 0.15) is 0 Å². The van der Waals surface area contributed by atoms with Crippen LogP contribution in [0.3, 0.4) is 0 Å². The Morgan fingerprint density at radius 2 is 2.10 bits per heavy atom. The van der Waals surface area contributed by atoms with Crippen LogP contribution in [0.4, 0.5) is 0 Å². The minimum Gasteiger partial charge on any atom is -0.475 e. The van der Waals surface area contributed by atoms with Gasteiger partial charge in [-0.2, -0.15) is 0 Å². The highest BCUT2D eigenvalue weighted by Crippen LogP contribution is 2.54. The maximum Gasteiger partial charge on any atom is 0.214 e. The van der Waals surface area contributed by atoms with Crippen LogP contribution in [0, 0.1) is 0 Å². The van der Waals surface area contributed by atoms with Gasteiger partial charge in [-0.15, -0.1) is 0 Å². The number of hydrogen-bond acceptors (Lipinski definition) is 2. The molecule has 0 radical (unpaired) electrons. The molecule has 0 aromatic carbocycles. The van der Waals surface area contributed by atoms with Gasteiger partial charge in [0.1, 0.15) is 6.61 Å². The molecule has 0 amide bonds. The standard InChI is InChI=1S/C7H15NOP/c1-7-8(5-6-9-7)10(2,3)4/h1,5-6H2,2-4H3/q+1. The van der Waals surface area contributed by atoms with E-state index >= 15 is 0 Å². The molecule has 0 bridgehead atoms. The fourth-order valence-corrected chi connectivity index (χ4v) is 2.49. The number of ether oxygens (including phenoxy) is 1. The highest BCUT2D eigenvalue weighted by molar-refractivity contribution is 7.71. The Labute approximate surface area is 63.2 Å². The number of nitrogens with zero attached hydrogens (tertiary/aromatic N) is 1. The summed E-state index contributed by atoms with van der Waals surface area (Å²) in [7, 11) is -0.911. The fraction of sp³-hybridized carbons (Fsp3) is 0.714. The molecule has 1 fully saturated rings. The zero-order chi connectivity index (χ0) is 7.78. The Morgan fingerprint density at radius 1 is 1.50 bits per heavy atom. The molecule has 1 aliphatic rings. The van der Waals surface area contributed by atoms with Crippen molar-refractivity contribution in [2.45, 2.75) is 0 Å². The summed E-state index contributed by atoms with van der Waals surface area (Å²) in [5, 5.41) is 0. The van der Waals surface area contributed by atoms with E-state index in [-0.39, 0.29) is 0 Å². The second-order valence-electron chi connectivity index (χ2n) is 3.31. The van der Waals surface area contributed by atoms with E-state index in [4.69, 9.17) is 4.74 Å². The topological polar surface area (TPSA) is 12.5 Å². The van der Waals surface area contributed by atoms with E-state index in [9.17, 15) is 0 Å². The highest BCUT2D eigenvalue weighted by atomic mass is 31.2. The molecule has 0 aromatic heterocycles. The van der Waals surface area contributed by atoms with E-state index in [0.29, 0.717) is 0 Å². The maximum absolute atomic E-state index is 5.25. The van der Waals surface area contributed by atoms with Gasteiger partial charge >= 0.3 is 0 Å². The molecule has 2 nitrogen and oxygen atoms in total. The molecule has 1 aliphatic heterocycles. The second-order valence-corrected chi connectivity index (χ2v) is 7.67. The van der Waals surface area contributed by atoms with Crippen LogP contribution in [0.2, 0.25) is 0 Å². The summed E-state index contributed by atoms with van der Waals surface area (Å²) >= 11 is 0. The third-order valence-corrected chi connectivity index (χ3v) is 3.46. The van der Waals surface area contributed by atoms with Crippen molar-refractivity contribution >= 4 is 7.41 Å². The van der Waals surface area contributed by atoms with E-state index in [1.807, 2.05) is 0 Å². The van der Waals surface area contributed by atoms with Gasteiger partial charge < -0.3 is 4.74 Å². The van der Waals surface area contributed by atoms with Gasteiger partial charge in [0, 0.05) is 0 Å². The van der Waals surface area contributed by atoms with Crippen LogP contribution in [0.25, 0.3) is 0 Å². The normalized spacial score (nSPS) is 19.5. The van der Waals surface area contributed by atoms with Crippen molar-refractivity contribution in [1.29, 1.82) is 0 Å². The molecule has 0 N–H and O–H groups in total. The number of hydrogen-bond donors (Lipinski definition) is 0. The average Bonchev–Trinajstić information content (AvgIpc) is 2.11. The first-order valence-electron chi connectivity index (χ1n) is 3.43. The Kier molecular flexibility index (Phi) is 1.91. The molecule has 0 saturated carbocycles. The first kappa shape index (κ1) is 7.87. The summed E-state index contributed by atoms with van der Waals surface area (Å²) in [6.07, 6.45) is 0. The lowest BCUT2D eigenvalue weighted by Crippen LogP contribution is -2.16. The summed E-state index contributed by atoms with van der Waals surface area (Å²) in [6.45, 7) is 12.5. The third kappa shape index (κ3) is 1.43. The molecule has 1 saturated heterocycles. The summed E-state index contributed by atoms with van der Waals surface area (Å²) in [5.74, 6) is 0.862. The monoisotopic (exact) mass is 160 g/mol. The molecule has 0 aromatic rings. The quantitative estimate of drug-likeness (QED) is 0.540. The van der Waals surface area contributed by atoms with Crippen LogP contribution in [-0.2, 0) is 4.74 Å². The van der Waals surface area contributed by atoms with Gasteiger partial charge in [0.15, 0.2) is 0 Å². The maximum atomic E-state index is 5.25. The lowest BCUT2D eigenvalue weighted by atomic mass is 10.7. The van der Waals surface area contributed by atoms with Crippen molar-refractivity contribution in [1.82, 2.24) is 4.67 Å². The Balaban J connectivity index is 2.64. The average molecular weight is 160 g/mol. The third-order valence-electron chi connectivity index (χ3n) is 1.58. The summed E-state index contributed by atoms with van der Waals surface area (Å²) < 4.78 is 7.54. The van der Waals surface area contributed by atoms with Crippen molar-refractivity contribution in [2.24, 2.45) is 0 Å². The predicted molar refractivity (Wildman–Crippen MR) is 46.5 cm³/mol. The summed E-state index contributed by atoms with van der Waals surface area (Å²) in [5.41, 5.74) is 0. The summed E-state index contributed by atoms with van der Waals surface area (Å²) in [6, 6.07) is 0. The molecule has 0 unspecified atom stereocenters. The predicted octanol–water partition coefficient (Wildman–Crippen LogP) is 1.61. The zero-order valence-electron chi connectivity index (χ0n) is 6.92. The molecular formula is C7H15NOP+. The van der Waals surface area contributed by atoms with Crippen molar-refractivity contribution < 1.29 is 4.74 Å². The van der Waals surface area contributed by atoms with Crippen LogP contribution in [0.5, 0.6) is 0 Å². The first-order chi connectivity index (χ1) is 4.52. The van der Waals surface area contributed by atoms with E-state index < -0.39 is 7.41 Å². The van der Waals surface area contributed by atoms with Crippen molar-refractivity contribution in [3.63, 3.8) is 0 Å². The van der Waals surface area contributed by atoms with Crippen molar-refractivity contribution in [3.05, 3.63) is 12.5 Å². The molecule has 3 heteroatoms. The Morgan fingerprint density at radius 3 is 2.30 bits per heavy atom. The summed E-state index contributed by atoms with van der Waals surface area (Å²) in [4.78, 5) is 0. The molecule has 0 aliphatic carbocycles. The lowest BCUT2D eigenvalue weighted by Gasteiger charge is -2.23. The van der Waals surface area contributed by atoms with Gasteiger partial charge in [0.25, 0.3) is 0 Å². The van der Waals surface area contributed by atoms with Crippen LogP contribution < -0.4 is 0 Å². The number of rotatable bonds is 1. The molecule has 10 heavy (non-hydrogen) atoms. The van der Waals surface area contributed by atoms with Gasteiger partial charge in [0.05, 0.1) is 34.0 Å². The zero-order valence-corrected chi connectivity index (χ0v) is 7.82. The van der Waals surface area contributed by atoms with Gasteiger partial charge in [-0.3, -0.25) is 0 Å². The largest absolute Gasteiger partial charge is 0.475 e. The van der Waals surface area contributed by atoms with Crippen molar-refractivity contribution in [2.75, 3.05) is 33.1 Å². The molecule has 1 rings (SSSR count). The fourth-order valence-electron chi connectivity index (χ4n) is 1.08. The lowest BCUT2D eigenvalue weighted by molar-refractivity contribution is 0.257. The SMILES string of the molecule is C=C1OCCN1[P+](C)(C)C. The van der Waals surface area contributed by atoms with Gasteiger partial charge in [-0.25, -0.2) is 4.67 Å². The smallest absolute Gasteiger partial charge is 0.214 e. The molecular weight excluding hydrogens is 145 g/mol. The Bertz CT molecular complexity index is 150. The highest BCUT2D eigenvalue weighted by Gasteiger charge is 2.33. The van der Waals surface area contributed by atoms with E-state index in [1.165, 1.54) is 0 Å². The van der Waals surface area contributed by atoms with Gasteiger partial charge in [-0.05, 0) is 6.58 Å². The minimum absolute atomic E-state index is 0.816.